The minimum Gasteiger partial charge on any atom is -0.381 e. The molecule has 2 heterocycles. The van der Waals surface area contributed by atoms with E-state index in [4.69, 9.17) is 9.37 Å². The van der Waals surface area contributed by atoms with Gasteiger partial charge in [-0.25, -0.2) is 4.63 Å². The zero-order chi connectivity index (χ0) is 14.8. The maximum atomic E-state index is 5.44. The van der Waals surface area contributed by atoms with E-state index in [-0.39, 0.29) is 0 Å². The van der Waals surface area contributed by atoms with Crippen LogP contribution in [0.5, 0.6) is 0 Å². The largest absolute Gasteiger partial charge is 0.381 e. The summed E-state index contributed by atoms with van der Waals surface area (Å²) in [5.41, 5.74) is 5.19. The first-order valence-corrected chi connectivity index (χ1v) is 7.51. The Labute approximate surface area is 128 Å². The lowest BCUT2D eigenvalue weighted by molar-refractivity contribution is 0.194. The van der Waals surface area contributed by atoms with Crippen molar-refractivity contribution in [2.45, 2.75) is 18.9 Å². The van der Waals surface area contributed by atoms with Crippen molar-refractivity contribution in [2.75, 3.05) is 18.5 Å². The molecule has 0 spiro atoms. The van der Waals surface area contributed by atoms with Gasteiger partial charge < -0.3 is 10.1 Å². The van der Waals surface area contributed by atoms with Gasteiger partial charge in [-0.15, -0.1) is 0 Å². The van der Waals surface area contributed by atoms with Crippen molar-refractivity contribution >= 4 is 16.7 Å². The van der Waals surface area contributed by atoms with E-state index < -0.39 is 0 Å². The molecule has 1 unspecified atom stereocenters. The van der Waals surface area contributed by atoms with Crippen LogP contribution in [0.1, 0.15) is 23.5 Å². The molecule has 1 N–H and O–H groups in total. The van der Waals surface area contributed by atoms with E-state index >= 15 is 0 Å². The normalized spacial score (nSPS) is 17.9. The average Bonchev–Trinajstić information content (AvgIpc) is 3.24. The Morgan fingerprint density at radius 1 is 1.05 bits per heavy atom. The molecule has 1 aromatic heterocycles. The summed E-state index contributed by atoms with van der Waals surface area (Å²) in [7, 11) is 0. The fraction of sp³-hybridized carbons (Fsp3) is 0.294. The number of nitrogens with zero attached hydrogens (tertiary/aromatic N) is 2. The van der Waals surface area contributed by atoms with Gasteiger partial charge >= 0.3 is 0 Å². The predicted octanol–water partition coefficient (Wildman–Crippen LogP) is 3.34. The highest BCUT2D eigenvalue weighted by Crippen LogP contribution is 2.26. The van der Waals surface area contributed by atoms with Crippen LogP contribution in [-0.2, 0) is 11.3 Å². The summed E-state index contributed by atoms with van der Waals surface area (Å²) in [4.78, 5) is 0. The number of nitrogens with one attached hydrogen (secondary N) is 1. The third-order valence-electron chi connectivity index (χ3n) is 4.13. The van der Waals surface area contributed by atoms with Gasteiger partial charge in [0.15, 0.2) is 0 Å². The molecule has 2 aromatic carbocycles. The first kappa shape index (κ1) is 13.3. The molecule has 3 aromatic rings. The molecule has 1 saturated heterocycles. The molecule has 1 fully saturated rings. The fourth-order valence-corrected chi connectivity index (χ4v) is 2.81. The van der Waals surface area contributed by atoms with Gasteiger partial charge in [-0.1, -0.05) is 18.2 Å². The molecule has 0 radical (unpaired) electrons. The van der Waals surface area contributed by atoms with Gasteiger partial charge in [0.2, 0.25) is 0 Å². The second-order valence-corrected chi connectivity index (χ2v) is 5.62. The standard InChI is InChI=1S/C17H17N3O2/c1-6-16-17(20-22-19-16)9-12(1)10-18-15-4-2-13(3-5-15)14-7-8-21-11-14/h1-6,9,14,18H,7-8,10-11H2. The molecule has 5 nitrogen and oxygen atoms in total. The average molecular weight is 295 g/mol. The Morgan fingerprint density at radius 3 is 2.73 bits per heavy atom. The number of anilines is 1. The number of aromatic nitrogens is 2. The molecule has 1 aliphatic heterocycles. The molecule has 1 atom stereocenters. The van der Waals surface area contributed by atoms with Crippen molar-refractivity contribution in [1.29, 1.82) is 0 Å². The minimum atomic E-state index is 0.552. The maximum absolute atomic E-state index is 5.44. The molecular formula is C17H17N3O2. The van der Waals surface area contributed by atoms with Crippen LogP contribution in [0, 0.1) is 0 Å². The number of rotatable bonds is 4. The SMILES string of the molecule is c1cc2nonc2cc1CNc1ccc(C2CCOC2)cc1. The van der Waals surface area contributed by atoms with Crippen molar-refractivity contribution in [2.24, 2.45) is 0 Å². The Morgan fingerprint density at radius 2 is 1.91 bits per heavy atom. The minimum absolute atomic E-state index is 0.552. The predicted molar refractivity (Wildman–Crippen MR) is 83.7 cm³/mol. The van der Waals surface area contributed by atoms with Crippen molar-refractivity contribution in [3.05, 3.63) is 53.6 Å². The molecule has 0 bridgehead atoms. The van der Waals surface area contributed by atoms with Gasteiger partial charge in [-0.2, -0.15) is 0 Å². The fourth-order valence-electron chi connectivity index (χ4n) is 2.81. The highest BCUT2D eigenvalue weighted by molar-refractivity contribution is 5.73. The summed E-state index contributed by atoms with van der Waals surface area (Å²) in [5, 5.41) is 11.1. The van der Waals surface area contributed by atoms with Crippen LogP contribution < -0.4 is 5.32 Å². The molecule has 0 amide bonds. The molecular weight excluding hydrogens is 278 g/mol. The van der Waals surface area contributed by atoms with Crippen molar-refractivity contribution in [3.8, 4) is 0 Å². The molecule has 0 aliphatic carbocycles. The molecule has 5 heteroatoms. The zero-order valence-electron chi connectivity index (χ0n) is 12.2. The monoisotopic (exact) mass is 295 g/mol. The summed E-state index contributed by atoms with van der Waals surface area (Å²) >= 11 is 0. The van der Waals surface area contributed by atoms with Gasteiger partial charge in [-0.05, 0) is 52.1 Å². The number of hydrogen-bond acceptors (Lipinski definition) is 5. The van der Waals surface area contributed by atoms with Crippen molar-refractivity contribution in [3.63, 3.8) is 0 Å². The number of ether oxygens (including phenoxy) is 1. The van der Waals surface area contributed by atoms with Crippen molar-refractivity contribution in [1.82, 2.24) is 10.3 Å². The zero-order valence-corrected chi connectivity index (χ0v) is 12.2. The van der Waals surface area contributed by atoms with E-state index in [1.165, 1.54) is 5.56 Å². The van der Waals surface area contributed by atoms with Crippen LogP contribution in [-0.4, -0.2) is 23.5 Å². The van der Waals surface area contributed by atoms with Crippen molar-refractivity contribution < 1.29 is 9.37 Å². The Kier molecular flexibility index (Phi) is 3.48. The lowest BCUT2D eigenvalue weighted by atomic mass is 9.98. The third kappa shape index (κ3) is 2.67. The number of fused-ring (bicyclic) bond motifs is 1. The quantitative estimate of drug-likeness (QED) is 0.800. The Bertz CT molecular complexity index is 761. The second kappa shape index (κ2) is 5.77. The van der Waals surface area contributed by atoms with Crippen LogP contribution in [0.2, 0.25) is 0 Å². The van der Waals surface area contributed by atoms with Gasteiger partial charge in [0, 0.05) is 24.8 Å². The lowest BCUT2D eigenvalue weighted by Gasteiger charge is -2.10. The molecule has 112 valence electrons. The summed E-state index contributed by atoms with van der Waals surface area (Å²) in [5.74, 6) is 0.552. The van der Waals surface area contributed by atoms with E-state index in [0.29, 0.717) is 5.92 Å². The molecule has 22 heavy (non-hydrogen) atoms. The number of hydrogen-bond donors (Lipinski definition) is 1. The van der Waals surface area contributed by atoms with Crippen LogP contribution in [0.15, 0.2) is 47.1 Å². The smallest absolute Gasteiger partial charge is 0.135 e. The Hall–Kier alpha value is -2.40. The maximum Gasteiger partial charge on any atom is 0.135 e. The van der Waals surface area contributed by atoms with E-state index in [2.05, 4.69) is 39.9 Å². The second-order valence-electron chi connectivity index (χ2n) is 5.62. The lowest BCUT2D eigenvalue weighted by Crippen LogP contribution is -2.01. The van der Waals surface area contributed by atoms with E-state index in [1.54, 1.807) is 0 Å². The van der Waals surface area contributed by atoms with Gasteiger partial charge in [-0.3, -0.25) is 0 Å². The molecule has 4 rings (SSSR count). The summed E-state index contributed by atoms with van der Waals surface area (Å²) in [6, 6.07) is 14.6. The van der Waals surface area contributed by atoms with Crippen LogP contribution >= 0.6 is 0 Å². The van der Waals surface area contributed by atoms with E-state index in [9.17, 15) is 0 Å². The van der Waals surface area contributed by atoms with Crippen LogP contribution in [0.25, 0.3) is 11.0 Å². The van der Waals surface area contributed by atoms with Gasteiger partial charge in [0.05, 0.1) is 6.61 Å². The first-order valence-electron chi connectivity index (χ1n) is 7.51. The molecule has 0 saturated carbocycles. The summed E-state index contributed by atoms with van der Waals surface area (Å²) in [6.45, 7) is 2.47. The summed E-state index contributed by atoms with van der Waals surface area (Å²) < 4.78 is 10.2. The number of benzene rings is 2. The highest BCUT2D eigenvalue weighted by atomic mass is 16.6. The van der Waals surface area contributed by atoms with E-state index in [0.717, 1.165) is 48.5 Å². The van der Waals surface area contributed by atoms with Crippen LogP contribution in [0.4, 0.5) is 5.69 Å². The van der Waals surface area contributed by atoms with Gasteiger partial charge in [0.1, 0.15) is 11.0 Å². The van der Waals surface area contributed by atoms with Crippen LogP contribution in [0.3, 0.4) is 0 Å². The van der Waals surface area contributed by atoms with E-state index in [1.807, 2.05) is 18.2 Å². The molecule has 1 aliphatic rings. The first-order chi connectivity index (χ1) is 10.9. The van der Waals surface area contributed by atoms with Gasteiger partial charge in [0.25, 0.3) is 0 Å². The highest BCUT2D eigenvalue weighted by Gasteiger charge is 2.17. The topological polar surface area (TPSA) is 60.2 Å². The third-order valence-corrected chi connectivity index (χ3v) is 4.13. The Balaban J connectivity index is 1.42. The summed E-state index contributed by atoms with van der Waals surface area (Å²) in [6.07, 6.45) is 1.12.